The van der Waals surface area contributed by atoms with Crippen molar-refractivity contribution in [2.24, 2.45) is 11.7 Å². The van der Waals surface area contributed by atoms with Crippen LogP contribution in [0.25, 0.3) is 11.1 Å². The first-order chi connectivity index (χ1) is 18.3. The van der Waals surface area contributed by atoms with Gasteiger partial charge in [-0.3, -0.25) is 4.79 Å². The molecule has 2 aromatic carbocycles. The van der Waals surface area contributed by atoms with E-state index < -0.39 is 36.1 Å². The summed E-state index contributed by atoms with van der Waals surface area (Å²) in [7, 11) is 0. The molecule has 1 fully saturated rings. The van der Waals surface area contributed by atoms with E-state index in [0.717, 1.165) is 47.9 Å². The van der Waals surface area contributed by atoms with Crippen LogP contribution in [-0.4, -0.2) is 54.3 Å². The summed E-state index contributed by atoms with van der Waals surface area (Å²) in [5.41, 5.74) is 9.43. The largest absolute Gasteiger partial charge is 0.480 e. The first-order valence-corrected chi connectivity index (χ1v) is 13.0. The van der Waals surface area contributed by atoms with Crippen LogP contribution in [0.3, 0.4) is 0 Å². The Balaban J connectivity index is 1.39. The number of carboxylic acids is 1. The van der Waals surface area contributed by atoms with E-state index in [0.29, 0.717) is 6.42 Å². The highest BCUT2D eigenvalue weighted by molar-refractivity contribution is 5.89. The Morgan fingerprint density at radius 1 is 0.947 bits per heavy atom. The molecule has 10 nitrogen and oxygen atoms in total. The number of fused-ring (bicyclic) bond motifs is 3. The Morgan fingerprint density at radius 3 is 2.13 bits per heavy atom. The maximum absolute atomic E-state index is 13.2. The number of urea groups is 1. The standard InChI is InChI=1S/C28H34N4O6/c29-27(36)30-15-7-14-23(26(34)35)31-25(33)24(17-8-1-2-9-17)32-28(37)38-16-22-20-12-5-3-10-18(20)19-11-4-6-13-21(19)22/h3-6,10-13,17,22-24H,1-2,7-9,14-16H2,(H,31,33)(H,32,37)(H,34,35)(H3,29,30,36)/t23-,24?/m0/s1. The van der Waals surface area contributed by atoms with Gasteiger partial charge in [0.1, 0.15) is 18.7 Å². The van der Waals surface area contributed by atoms with Crippen LogP contribution in [0.15, 0.2) is 48.5 Å². The summed E-state index contributed by atoms with van der Waals surface area (Å²) >= 11 is 0. The van der Waals surface area contributed by atoms with E-state index in [2.05, 4.69) is 28.1 Å². The van der Waals surface area contributed by atoms with Crippen LogP contribution in [0.2, 0.25) is 0 Å². The van der Waals surface area contributed by atoms with E-state index >= 15 is 0 Å². The Morgan fingerprint density at radius 2 is 1.55 bits per heavy atom. The predicted octanol–water partition coefficient (Wildman–Crippen LogP) is 3.10. The molecule has 0 saturated heterocycles. The molecule has 0 radical (unpaired) electrons. The third-order valence-corrected chi connectivity index (χ3v) is 7.35. The summed E-state index contributed by atoms with van der Waals surface area (Å²) in [4.78, 5) is 48.7. The summed E-state index contributed by atoms with van der Waals surface area (Å²) in [5, 5.41) is 17.3. The minimum atomic E-state index is -1.19. The van der Waals surface area contributed by atoms with Gasteiger partial charge in [0.05, 0.1) is 0 Å². The number of benzene rings is 2. The molecule has 1 saturated carbocycles. The number of primary amides is 1. The first kappa shape index (κ1) is 27.0. The maximum atomic E-state index is 13.2. The molecule has 10 heteroatoms. The average Bonchev–Trinajstić information content (AvgIpc) is 3.54. The van der Waals surface area contributed by atoms with Gasteiger partial charge < -0.3 is 31.5 Å². The van der Waals surface area contributed by atoms with Gasteiger partial charge in [0.2, 0.25) is 5.91 Å². The van der Waals surface area contributed by atoms with E-state index in [-0.39, 0.29) is 31.4 Å². The van der Waals surface area contributed by atoms with Crippen LogP contribution in [0.5, 0.6) is 0 Å². The first-order valence-electron chi connectivity index (χ1n) is 13.0. The zero-order chi connectivity index (χ0) is 27.1. The second-order valence-corrected chi connectivity index (χ2v) is 9.82. The summed E-state index contributed by atoms with van der Waals surface area (Å²) in [6, 6.07) is 13.3. The lowest BCUT2D eigenvalue weighted by Crippen LogP contribution is -2.54. The molecule has 4 amide bonds. The van der Waals surface area contributed by atoms with Gasteiger partial charge >= 0.3 is 18.1 Å². The van der Waals surface area contributed by atoms with Gasteiger partial charge in [-0.05, 0) is 53.9 Å². The van der Waals surface area contributed by atoms with E-state index in [1.54, 1.807) is 0 Å². The lowest BCUT2D eigenvalue weighted by Gasteiger charge is -2.26. The number of hydrogen-bond acceptors (Lipinski definition) is 5. The normalized spacial score (nSPS) is 16.1. The number of hydrogen-bond donors (Lipinski definition) is 5. The molecule has 2 aliphatic carbocycles. The summed E-state index contributed by atoms with van der Waals surface area (Å²) in [6.07, 6.45) is 3.07. The minimum Gasteiger partial charge on any atom is -0.480 e. The van der Waals surface area contributed by atoms with Gasteiger partial charge in [0.25, 0.3) is 0 Å². The van der Waals surface area contributed by atoms with Crippen LogP contribution in [0.1, 0.15) is 55.6 Å². The van der Waals surface area contributed by atoms with Gasteiger partial charge in [-0.1, -0.05) is 61.4 Å². The average molecular weight is 523 g/mol. The van der Waals surface area contributed by atoms with Crippen LogP contribution < -0.4 is 21.7 Å². The molecular weight excluding hydrogens is 488 g/mol. The molecule has 0 bridgehead atoms. The fourth-order valence-corrected chi connectivity index (χ4v) is 5.49. The van der Waals surface area contributed by atoms with Crippen molar-refractivity contribution >= 4 is 24.0 Å². The number of nitrogens with one attached hydrogen (secondary N) is 3. The van der Waals surface area contributed by atoms with E-state index in [1.807, 2.05) is 36.4 Å². The Labute approximate surface area is 221 Å². The zero-order valence-corrected chi connectivity index (χ0v) is 21.2. The number of carboxylic acid groups (broad SMARTS) is 1. The topological polar surface area (TPSA) is 160 Å². The maximum Gasteiger partial charge on any atom is 0.407 e. The second-order valence-electron chi connectivity index (χ2n) is 9.82. The number of nitrogens with two attached hydrogens (primary N) is 1. The van der Waals surface area contributed by atoms with Crippen LogP contribution in [-0.2, 0) is 14.3 Å². The van der Waals surface area contributed by atoms with Crippen LogP contribution >= 0.6 is 0 Å². The van der Waals surface area contributed by atoms with Gasteiger partial charge in [-0.25, -0.2) is 14.4 Å². The fourth-order valence-electron chi connectivity index (χ4n) is 5.49. The summed E-state index contributed by atoms with van der Waals surface area (Å²) < 4.78 is 5.64. The fraction of sp³-hybridized carbons (Fsp3) is 0.429. The molecule has 38 heavy (non-hydrogen) atoms. The zero-order valence-electron chi connectivity index (χ0n) is 21.2. The van der Waals surface area contributed by atoms with E-state index in [9.17, 15) is 24.3 Å². The third kappa shape index (κ3) is 6.42. The van der Waals surface area contributed by atoms with Crippen molar-refractivity contribution in [3.63, 3.8) is 0 Å². The Kier molecular flexibility index (Phi) is 8.83. The lowest BCUT2D eigenvalue weighted by atomic mass is 9.96. The molecule has 202 valence electrons. The van der Waals surface area contributed by atoms with Crippen LogP contribution in [0, 0.1) is 5.92 Å². The van der Waals surface area contributed by atoms with Gasteiger partial charge in [-0.2, -0.15) is 0 Å². The number of rotatable bonds is 11. The van der Waals surface area contributed by atoms with Crippen molar-refractivity contribution in [3.8, 4) is 11.1 Å². The molecule has 1 unspecified atom stereocenters. The number of carbonyl (C=O) groups excluding carboxylic acids is 3. The minimum absolute atomic E-state index is 0.101. The van der Waals surface area contributed by atoms with Gasteiger partial charge in [0, 0.05) is 12.5 Å². The van der Waals surface area contributed by atoms with E-state index in [1.165, 1.54) is 0 Å². The predicted molar refractivity (Wildman–Crippen MR) is 140 cm³/mol. The molecule has 0 aliphatic heterocycles. The second kappa shape index (κ2) is 12.4. The molecule has 2 aromatic rings. The molecule has 4 rings (SSSR count). The smallest absolute Gasteiger partial charge is 0.407 e. The number of amides is 4. The molecule has 2 atom stereocenters. The lowest BCUT2D eigenvalue weighted by molar-refractivity contribution is -0.142. The quantitative estimate of drug-likeness (QED) is 0.285. The van der Waals surface area contributed by atoms with Crippen molar-refractivity contribution in [2.75, 3.05) is 13.2 Å². The molecule has 0 spiro atoms. The molecular formula is C28H34N4O6. The highest BCUT2D eigenvalue weighted by Gasteiger charge is 2.35. The van der Waals surface area contributed by atoms with Crippen molar-refractivity contribution in [1.29, 1.82) is 0 Å². The van der Waals surface area contributed by atoms with Gasteiger partial charge in [-0.15, -0.1) is 0 Å². The SMILES string of the molecule is NC(=O)NCCC[C@H](NC(=O)C(NC(=O)OCC1c2ccccc2-c2ccccc21)C1CCCC1)C(=O)O. The highest BCUT2D eigenvalue weighted by Crippen LogP contribution is 2.44. The van der Waals surface area contributed by atoms with Crippen molar-refractivity contribution in [3.05, 3.63) is 59.7 Å². The Hall–Kier alpha value is -4.08. The third-order valence-electron chi connectivity index (χ3n) is 7.35. The van der Waals surface area contributed by atoms with E-state index in [4.69, 9.17) is 10.5 Å². The number of carbonyl (C=O) groups is 4. The summed E-state index contributed by atoms with van der Waals surface area (Å²) in [6.45, 7) is 0.308. The summed E-state index contributed by atoms with van der Waals surface area (Å²) in [5.74, 6) is -1.97. The van der Waals surface area contributed by atoms with Crippen molar-refractivity contribution in [1.82, 2.24) is 16.0 Å². The molecule has 2 aliphatic rings. The van der Waals surface area contributed by atoms with Crippen LogP contribution in [0.4, 0.5) is 9.59 Å². The molecule has 0 heterocycles. The Bertz CT molecular complexity index is 1130. The molecule has 0 aromatic heterocycles. The number of aliphatic carboxylic acids is 1. The number of alkyl carbamates (subject to hydrolysis) is 1. The number of ether oxygens (including phenoxy) is 1. The van der Waals surface area contributed by atoms with Crippen molar-refractivity contribution in [2.45, 2.75) is 56.5 Å². The van der Waals surface area contributed by atoms with Crippen molar-refractivity contribution < 1.29 is 29.0 Å². The monoisotopic (exact) mass is 522 g/mol. The highest BCUT2D eigenvalue weighted by atomic mass is 16.5. The molecule has 6 N–H and O–H groups in total. The van der Waals surface area contributed by atoms with Gasteiger partial charge in [0.15, 0.2) is 0 Å².